The number of hydrogen-bond donors (Lipinski definition) is 6. The summed E-state index contributed by atoms with van der Waals surface area (Å²) >= 11 is 0. The van der Waals surface area contributed by atoms with Crippen LogP contribution in [-0.4, -0.2) is 82.9 Å². The van der Waals surface area contributed by atoms with Crippen molar-refractivity contribution in [1.29, 1.82) is 0 Å². The van der Waals surface area contributed by atoms with Gasteiger partial charge >= 0.3 is 5.97 Å². The maximum atomic E-state index is 13.6. The van der Waals surface area contributed by atoms with E-state index in [1.165, 1.54) is 0 Å². The first-order chi connectivity index (χ1) is 21.4. The second kappa shape index (κ2) is 16.7. The van der Waals surface area contributed by atoms with Crippen molar-refractivity contribution in [1.82, 2.24) is 20.9 Å². The number of nitrogens with one attached hydrogen (secondary N) is 3. The summed E-state index contributed by atoms with van der Waals surface area (Å²) in [6.45, 7) is 4.35. The van der Waals surface area contributed by atoms with Crippen LogP contribution in [0.2, 0.25) is 0 Å². The fraction of sp³-hybridized carbons (Fsp3) is 0.485. The van der Waals surface area contributed by atoms with Gasteiger partial charge in [0.05, 0.1) is 6.04 Å². The minimum Gasteiger partial charge on any atom is -0.480 e. The summed E-state index contributed by atoms with van der Waals surface area (Å²) in [4.78, 5) is 65.5. The van der Waals surface area contributed by atoms with Crippen molar-refractivity contribution in [2.75, 3.05) is 19.6 Å². The molecule has 3 rings (SSSR count). The van der Waals surface area contributed by atoms with Crippen molar-refractivity contribution in [3.63, 3.8) is 0 Å². The van der Waals surface area contributed by atoms with E-state index < -0.39 is 47.4 Å². The third kappa shape index (κ3) is 11.0. The number of carboxylic acid groups (broad SMARTS) is 1. The molecule has 2 aromatic rings. The van der Waals surface area contributed by atoms with E-state index in [2.05, 4.69) is 16.0 Å². The number of benzene rings is 2. The normalized spacial score (nSPS) is 16.2. The molecule has 3 atom stereocenters. The van der Waals surface area contributed by atoms with E-state index in [4.69, 9.17) is 11.5 Å². The molecule has 0 aliphatic carbocycles. The molecule has 1 aliphatic rings. The van der Waals surface area contributed by atoms with Crippen molar-refractivity contribution in [3.8, 4) is 0 Å². The minimum atomic E-state index is -1.34. The molecule has 0 unspecified atom stereocenters. The molecule has 0 bridgehead atoms. The van der Waals surface area contributed by atoms with Crippen LogP contribution in [0, 0.1) is 5.92 Å². The molecule has 8 N–H and O–H groups in total. The van der Waals surface area contributed by atoms with Gasteiger partial charge < -0.3 is 37.4 Å². The molecular formula is C33H46N6O6. The lowest BCUT2D eigenvalue weighted by atomic mass is 9.89. The van der Waals surface area contributed by atoms with Gasteiger partial charge in [-0.3, -0.25) is 24.0 Å². The van der Waals surface area contributed by atoms with Crippen molar-refractivity contribution < 1.29 is 29.1 Å². The largest absolute Gasteiger partial charge is 0.480 e. The van der Waals surface area contributed by atoms with Gasteiger partial charge in [-0.1, -0.05) is 74.5 Å². The molecule has 12 nitrogen and oxygen atoms in total. The van der Waals surface area contributed by atoms with E-state index in [-0.39, 0.29) is 57.1 Å². The Morgan fingerprint density at radius 2 is 1.36 bits per heavy atom. The number of likely N-dealkylation sites (tertiary alicyclic amines) is 1. The number of rotatable bonds is 15. The van der Waals surface area contributed by atoms with Crippen LogP contribution in [0.3, 0.4) is 0 Å². The smallest absolute Gasteiger partial charge is 0.323 e. The van der Waals surface area contributed by atoms with Crippen LogP contribution in [-0.2, 0) is 36.8 Å². The van der Waals surface area contributed by atoms with Gasteiger partial charge in [0.15, 0.2) is 0 Å². The fourth-order valence-electron chi connectivity index (χ4n) is 5.22. The van der Waals surface area contributed by atoms with E-state index in [0.29, 0.717) is 12.8 Å². The van der Waals surface area contributed by atoms with E-state index in [0.717, 1.165) is 11.1 Å². The molecule has 0 spiro atoms. The maximum absolute atomic E-state index is 13.6. The fourth-order valence-corrected chi connectivity index (χ4v) is 5.22. The predicted molar refractivity (Wildman–Crippen MR) is 170 cm³/mol. The molecule has 0 aromatic heterocycles. The highest BCUT2D eigenvalue weighted by molar-refractivity contribution is 5.93. The Hall–Kier alpha value is -4.29. The van der Waals surface area contributed by atoms with Gasteiger partial charge in [-0.2, -0.15) is 0 Å². The van der Waals surface area contributed by atoms with Crippen molar-refractivity contribution in [3.05, 3.63) is 71.8 Å². The first-order valence-electron chi connectivity index (χ1n) is 15.4. The van der Waals surface area contributed by atoms with E-state index in [9.17, 15) is 29.1 Å². The topological polar surface area (TPSA) is 197 Å². The average molecular weight is 623 g/mol. The second-order valence-corrected chi connectivity index (χ2v) is 12.1. The molecule has 12 heteroatoms. The number of carboxylic acids is 1. The quantitative estimate of drug-likeness (QED) is 0.167. The van der Waals surface area contributed by atoms with Gasteiger partial charge in [-0.05, 0) is 42.7 Å². The Morgan fingerprint density at radius 3 is 1.89 bits per heavy atom. The number of carbonyl (C=O) groups is 5. The minimum absolute atomic E-state index is 0.0186. The highest BCUT2D eigenvalue weighted by Gasteiger charge is 2.38. The van der Waals surface area contributed by atoms with E-state index in [1.807, 2.05) is 74.5 Å². The van der Waals surface area contributed by atoms with Gasteiger partial charge in [-0.25, -0.2) is 0 Å². The molecule has 4 amide bonds. The van der Waals surface area contributed by atoms with Crippen LogP contribution in [0.4, 0.5) is 0 Å². The molecule has 1 heterocycles. The summed E-state index contributed by atoms with van der Waals surface area (Å²) in [5.74, 6) is -2.69. The summed E-state index contributed by atoms with van der Waals surface area (Å²) in [6, 6.07) is 15.8. The number of piperidine rings is 1. The van der Waals surface area contributed by atoms with Crippen LogP contribution >= 0.6 is 0 Å². The monoisotopic (exact) mass is 622 g/mol. The lowest BCUT2D eigenvalue weighted by molar-refractivity contribution is -0.147. The SMILES string of the molecule is CC(C)C[C@@H](NC(=O)[C@@H](Cc1ccccc1)NC(=O)[C@H](N)Cc1ccccc1)C(=O)NCCC(=O)N1CCC(N)(C(=O)O)CC1. The van der Waals surface area contributed by atoms with Crippen molar-refractivity contribution >= 4 is 29.6 Å². The van der Waals surface area contributed by atoms with Crippen LogP contribution in [0.25, 0.3) is 0 Å². The molecule has 1 saturated heterocycles. The molecule has 1 aliphatic heterocycles. The van der Waals surface area contributed by atoms with Gasteiger partial charge in [0.2, 0.25) is 23.6 Å². The third-order valence-electron chi connectivity index (χ3n) is 7.96. The number of aliphatic carboxylic acids is 1. The summed E-state index contributed by atoms with van der Waals surface area (Å²) < 4.78 is 0. The van der Waals surface area contributed by atoms with Crippen LogP contribution in [0.5, 0.6) is 0 Å². The van der Waals surface area contributed by atoms with E-state index in [1.54, 1.807) is 4.90 Å². The van der Waals surface area contributed by atoms with Crippen molar-refractivity contribution in [2.45, 2.75) is 76.0 Å². The molecule has 244 valence electrons. The number of nitrogens with zero attached hydrogens (tertiary/aromatic N) is 1. The highest BCUT2D eigenvalue weighted by atomic mass is 16.4. The molecule has 0 radical (unpaired) electrons. The summed E-state index contributed by atoms with van der Waals surface area (Å²) in [5.41, 5.74) is 12.5. The van der Waals surface area contributed by atoms with Gasteiger partial charge in [-0.15, -0.1) is 0 Å². The second-order valence-electron chi connectivity index (χ2n) is 12.1. The first kappa shape index (κ1) is 35.2. The standard InChI is InChI=1S/C33H46N6O6/c1-22(2)19-26(30(42)36-16-13-28(40)39-17-14-33(35,15-18-39)32(44)45)38-31(43)27(21-24-11-7-4-8-12-24)37-29(41)25(34)20-23-9-5-3-6-10-23/h3-12,22,25-27H,13-21,34-35H2,1-2H3,(H,36,42)(H,37,41)(H,38,43)(H,44,45)/t25-,26-,27-/m1/s1. The summed E-state index contributed by atoms with van der Waals surface area (Å²) in [5, 5.41) is 17.6. The van der Waals surface area contributed by atoms with Crippen LogP contribution in [0.1, 0.15) is 50.7 Å². The number of amides is 4. The zero-order valence-corrected chi connectivity index (χ0v) is 26.0. The molecule has 1 fully saturated rings. The number of carbonyl (C=O) groups excluding carboxylic acids is 4. The molecule has 45 heavy (non-hydrogen) atoms. The average Bonchev–Trinajstić information content (AvgIpc) is 3.01. The molecule has 2 aromatic carbocycles. The maximum Gasteiger partial charge on any atom is 0.323 e. The van der Waals surface area contributed by atoms with Crippen LogP contribution in [0.15, 0.2) is 60.7 Å². The number of nitrogens with two attached hydrogens (primary N) is 2. The zero-order valence-electron chi connectivity index (χ0n) is 26.0. The van der Waals surface area contributed by atoms with Gasteiger partial charge in [0.25, 0.3) is 0 Å². The summed E-state index contributed by atoms with van der Waals surface area (Å²) in [6.07, 6.45) is 1.16. The first-order valence-corrected chi connectivity index (χ1v) is 15.4. The Kier molecular flexibility index (Phi) is 13.1. The Bertz CT molecular complexity index is 1300. The summed E-state index contributed by atoms with van der Waals surface area (Å²) in [7, 11) is 0. The zero-order chi connectivity index (χ0) is 33.0. The van der Waals surface area contributed by atoms with Gasteiger partial charge in [0, 0.05) is 32.5 Å². The van der Waals surface area contributed by atoms with Crippen LogP contribution < -0.4 is 27.4 Å². The number of hydrogen-bond acceptors (Lipinski definition) is 7. The van der Waals surface area contributed by atoms with Gasteiger partial charge in [0.1, 0.15) is 17.6 Å². The Labute approximate surface area is 264 Å². The van der Waals surface area contributed by atoms with E-state index >= 15 is 0 Å². The lowest BCUT2D eigenvalue weighted by Gasteiger charge is -2.36. The molecular weight excluding hydrogens is 576 g/mol. The Morgan fingerprint density at radius 1 is 0.822 bits per heavy atom. The van der Waals surface area contributed by atoms with Crippen molar-refractivity contribution in [2.24, 2.45) is 17.4 Å². The Balaban J connectivity index is 1.61. The highest BCUT2D eigenvalue weighted by Crippen LogP contribution is 2.20. The lowest BCUT2D eigenvalue weighted by Crippen LogP contribution is -2.57. The predicted octanol–water partition coefficient (Wildman–Crippen LogP) is 0.726. The molecule has 0 saturated carbocycles. The third-order valence-corrected chi connectivity index (χ3v) is 7.96.